The van der Waals surface area contributed by atoms with Crippen LogP contribution < -0.4 is 5.32 Å². The fourth-order valence-corrected chi connectivity index (χ4v) is 6.28. The van der Waals surface area contributed by atoms with E-state index in [0.717, 1.165) is 67.9 Å². The van der Waals surface area contributed by atoms with Crippen molar-refractivity contribution in [3.63, 3.8) is 0 Å². The van der Waals surface area contributed by atoms with Crippen LogP contribution in [-0.2, 0) is 22.6 Å². The molecule has 2 fully saturated rings. The van der Waals surface area contributed by atoms with E-state index < -0.39 is 6.29 Å². The molecule has 3 atom stereocenters. The number of benzene rings is 4. The van der Waals surface area contributed by atoms with Crippen LogP contribution in [0.1, 0.15) is 51.6 Å². The van der Waals surface area contributed by atoms with Gasteiger partial charge in [-0.3, -0.25) is 19.6 Å². The summed E-state index contributed by atoms with van der Waals surface area (Å²) in [6.45, 7) is 5.83. The van der Waals surface area contributed by atoms with Crippen LogP contribution in [0.25, 0.3) is 11.0 Å². The summed E-state index contributed by atoms with van der Waals surface area (Å²) in [7, 11) is 0. The predicted molar refractivity (Wildman–Crippen MR) is 181 cm³/mol. The maximum atomic E-state index is 12.9. The van der Waals surface area contributed by atoms with Crippen LogP contribution in [0.4, 0.5) is 5.69 Å². The number of carbonyl (C=O) groups is 1. The Hall–Kier alpha value is -4.51. The fraction of sp³-hybridized carbons (Fsp3) is 0.289. The van der Waals surface area contributed by atoms with Gasteiger partial charge in [0.15, 0.2) is 6.29 Å². The Morgan fingerprint density at radius 3 is 2.19 bits per heavy atom. The largest absolute Gasteiger partial charge is 0.392 e. The maximum Gasteiger partial charge on any atom is 0.275 e. The fourth-order valence-electron chi connectivity index (χ4n) is 6.28. The van der Waals surface area contributed by atoms with E-state index in [0.29, 0.717) is 11.2 Å². The van der Waals surface area contributed by atoms with Crippen LogP contribution >= 0.6 is 0 Å². The van der Waals surface area contributed by atoms with Crippen molar-refractivity contribution in [3.05, 3.63) is 137 Å². The summed E-state index contributed by atoms with van der Waals surface area (Å²) < 4.78 is 13.2. The van der Waals surface area contributed by atoms with Crippen LogP contribution in [-0.4, -0.2) is 69.6 Å². The van der Waals surface area contributed by atoms with Crippen molar-refractivity contribution in [1.82, 2.24) is 19.8 Å². The zero-order chi connectivity index (χ0) is 32.0. The molecule has 7 rings (SSSR count). The molecule has 3 heterocycles. The van der Waals surface area contributed by atoms with Crippen molar-refractivity contribution >= 4 is 22.6 Å². The Balaban J connectivity index is 1.02. The second-order valence-electron chi connectivity index (χ2n) is 12.2. The lowest BCUT2D eigenvalue weighted by molar-refractivity contribution is -0.253. The van der Waals surface area contributed by atoms with E-state index in [1.165, 1.54) is 11.8 Å². The lowest BCUT2D eigenvalue weighted by Crippen LogP contribution is -2.49. The quantitative estimate of drug-likeness (QED) is 0.213. The molecule has 2 aliphatic heterocycles. The number of aliphatic hydroxyl groups is 1. The minimum atomic E-state index is -0.563. The number of amides is 1. The number of hydrogen-bond donors (Lipinski definition) is 2. The molecule has 1 amide bonds. The van der Waals surface area contributed by atoms with Crippen LogP contribution in [0.5, 0.6) is 0 Å². The highest BCUT2D eigenvalue weighted by molar-refractivity contribution is 6.03. The van der Waals surface area contributed by atoms with Crippen molar-refractivity contribution < 1.29 is 19.4 Å². The molecule has 2 N–H and O–H groups in total. The number of rotatable bonds is 9. The summed E-state index contributed by atoms with van der Waals surface area (Å²) in [5.41, 5.74) is 6.47. The maximum absolute atomic E-state index is 12.9. The van der Waals surface area contributed by atoms with Gasteiger partial charge < -0.3 is 19.9 Å². The zero-order valence-corrected chi connectivity index (χ0v) is 26.2. The average Bonchev–Trinajstić information content (AvgIpc) is 3.13. The van der Waals surface area contributed by atoms with E-state index in [-0.39, 0.29) is 30.4 Å². The van der Waals surface area contributed by atoms with Crippen molar-refractivity contribution in [3.8, 4) is 0 Å². The molecule has 0 radical (unpaired) electrons. The second kappa shape index (κ2) is 14.5. The molecule has 1 aromatic heterocycles. The molecule has 2 saturated heterocycles. The number of carbonyl (C=O) groups excluding carboxylic acids is 1. The van der Waals surface area contributed by atoms with E-state index in [1.807, 2.05) is 72.8 Å². The van der Waals surface area contributed by atoms with Gasteiger partial charge in [-0.1, -0.05) is 78.9 Å². The van der Waals surface area contributed by atoms with Gasteiger partial charge in [-0.25, -0.2) is 4.98 Å². The van der Waals surface area contributed by atoms with E-state index in [4.69, 9.17) is 9.47 Å². The van der Waals surface area contributed by atoms with Gasteiger partial charge in [-0.15, -0.1) is 0 Å². The lowest BCUT2D eigenvalue weighted by Gasteiger charge is -2.40. The van der Waals surface area contributed by atoms with Crippen molar-refractivity contribution in [2.75, 3.05) is 38.0 Å². The molecule has 0 aliphatic carbocycles. The summed E-state index contributed by atoms with van der Waals surface area (Å²) in [5, 5.41) is 12.5. The summed E-state index contributed by atoms with van der Waals surface area (Å²) in [4.78, 5) is 26.8. The van der Waals surface area contributed by atoms with Crippen molar-refractivity contribution in [1.29, 1.82) is 0 Å². The van der Waals surface area contributed by atoms with E-state index in [2.05, 4.69) is 55.4 Å². The topological polar surface area (TPSA) is 100 Å². The van der Waals surface area contributed by atoms with Gasteiger partial charge in [0.1, 0.15) is 5.69 Å². The number of nitrogens with zero attached hydrogens (tertiary/aromatic N) is 4. The molecule has 9 nitrogen and oxygen atoms in total. The monoisotopic (exact) mass is 629 g/mol. The molecule has 0 bridgehead atoms. The molecule has 47 heavy (non-hydrogen) atoms. The lowest BCUT2D eigenvalue weighted by atomic mass is 9.99. The highest BCUT2D eigenvalue weighted by atomic mass is 16.7. The van der Waals surface area contributed by atoms with Gasteiger partial charge in [0.2, 0.25) is 0 Å². The Morgan fingerprint density at radius 1 is 0.766 bits per heavy atom. The first-order valence-electron chi connectivity index (χ1n) is 16.2. The van der Waals surface area contributed by atoms with Gasteiger partial charge in [0.25, 0.3) is 5.91 Å². The number of ether oxygens (including phenoxy) is 2. The summed E-state index contributed by atoms with van der Waals surface area (Å²) in [6.07, 6.45) is 1.48. The van der Waals surface area contributed by atoms with Gasteiger partial charge in [0, 0.05) is 56.9 Å². The van der Waals surface area contributed by atoms with E-state index in [9.17, 15) is 9.90 Å². The number of nitrogens with one attached hydrogen (secondary N) is 1. The minimum Gasteiger partial charge on any atom is -0.392 e. The first-order chi connectivity index (χ1) is 23.1. The third-order valence-corrected chi connectivity index (χ3v) is 8.91. The Labute approximate surface area is 274 Å². The Morgan fingerprint density at radius 2 is 1.45 bits per heavy atom. The van der Waals surface area contributed by atoms with Gasteiger partial charge in [-0.05, 0) is 41.0 Å². The molecule has 0 unspecified atom stereocenters. The minimum absolute atomic E-state index is 0.00669. The molecule has 9 heteroatoms. The third kappa shape index (κ3) is 7.73. The van der Waals surface area contributed by atoms with E-state index >= 15 is 0 Å². The number of anilines is 1. The normalized spacial score (nSPS) is 20.7. The molecule has 5 aromatic rings. The number of fused-ring (bicyclic) bond motifs is 1. The molecule has 0 spiro atoms. The first kappa shape index (κ1) is 31.1. The van der Waals surface area contributed by atoms with Crippen LogP contribution in [0.15, 0.2) is 109 Å². The summed E-state index contributed by atoms with van der Waals surface area (Å²) in [5.74, 6) is -0.323. The first-order valence-corrected chi connectivity index (χ1v) is 16.2. The number of hydrogen-bond acceptors (Lipinski definition) is 8. The van der Waals surface area contributed by atoms with Crippen LogP contribution in [0, 0.1) is 0 Å². The second-order valence-corrected chi connectivity index (χ2v) is 12.2. The molecule has 2 aliphatic rings. The van der Waals surface area contributed by atoms with Gasteiger partial charge in [-0.2, -0.15) is 0 Å². The Bertz CT molecular complexity index is 1780. The summed E-state index contributed by atoms with van der Waals surface area (Å²) in [6, 6.07) is 33.7. The molecular formula is C38H39N5O4. The average molecular weight is 630 g/mol. The molecule has 0 saturated carbocycles. The van der Waals surface area contributed by atoms with Crippen molar-refractivity contribution in [2.24, 2.45) is 0 Å². The number of para-hydroxylation sites is 2. The van der Waals surface area contributed by atoms with Gasteiger partial charge >= 0.3 is 0 Å². The molecular weight excluding hydrogens is 590 g/mol. The standard InChI is InChI=1S/C38H39N5O4/c44-26-28-10-12-29(13-11-28)36-22-32(25-43-20-18-42(19-21-43)24-27-6-2-1-3-7-27)46-38(47-36)30-14-16-31(17-15-30)40-37(45)35-23-39-33-8-4-5-9-34(33)41-35/h1-17,23,32,36,38,44H,18-22,24-26H2,(H,40,45)/t32-,36+,38+/m0/s1. The Kier molecular flexibility index (Phi) is 9.60. The third-order valence-electron chi connectivity index (χ3n) is 8.91. The molecule has 4 aromatic carbocycles. The molecule has 240 valence electrons. The van der Waals surface area contributed by atoms with Crippen LogP contribution in [0.2, 0.25) is 0 Å². The smallest absolute Gasteiger partial charge is 0.275 e. The number of aromatic nitrogens is 2. The predicted octanol–water partition coefficient (Wildman–Crippen LogP) is 5.74. The number of aliphatic hydroxyl groups excluding tert-OH is 1. The van der Waals surface area contributed by atoms with E-state index in [1.54, 1.807) is 0 Å². The van der Waals surface area contributed by atoms with Gasteiger partial charge in [0.05, 0.1) is 36.0 Å². The SMILES string of the molecule is O=C(Nc1ccc([C@@H]2O[C@H](CN3CCN(Cc4ccccc4)CC3)C[C@H](c3ccc(CO)cc3)O2)cc1)c1cnc2ccccc2n1. The zero-order valence-electron chi connectivity index (χ0n) is 26.2. The van der Waals surface area contributed by atoms with Crippen LogP contribution in [0.3, 0.4) is 0 Å². The highest BCUT2D eigenvalue weighted by Crippen LogP contribution is 2.38. The highest BCUT2D eigenvalue weighted by Gasteiger charge is 2.34. The number of piperazine rings is 1. The van der Waals surface area contributed by atoms with Crippen molar-refractivity contribution in [2.45, 2.75) is 38.1 Å². The summed E-state index contributed by atoms with van der Waals surface area (Å²) >= 11 is 0.